The van der Waals surface area contributed by atoms with Gasteiger partial charge in [0.1, 0.15) is 0 Å². The van der Waals surface area contributed by atoms with E-state index in [1.807, 2.05) is 0 Å². The summed E-state index contributed by atoms with van der Waals surface area (Å²) >= 11 is 0. The van der Waals surface area contributed by atoms with Gasteiger partial charge in [-0.2, -0.15) is 0 Å². The van der Waals surface area contributed by atoms with E-state index in [1.54, 1.807) is 0 Å². The summed E-state index contributed by atoms with van der Waals surface area (Å²) in [6.45, 7) is 14.4. The molecular weight excluding hydrogens is 236 g/mol. The highest BCUT2D eigenvalue weighted by atomic mass is 16.5. The van der Waals surface area contributed by atoms with E-state index in [1.165, 1.54) is 32.2 Å². The molecule has 2 atom stereocenters. The van der Waals surface area contributed by atoms with Crippen LogP contribution in [0.1, 0.15) is 53.4 Å². The lowest BCUT2D eigenvalue weighted by molar-refractivity contribution is -0.0498. The Morgan fingerprint density at radius 1 is 1.21 bits per heavy atom. The van der Waals surface area contributed by atoms with E-state index in [9.17, 15) is 0 Å². The summed E-state index contributed by atoms with van der Waals surface area (Å²) < 4.78 is 6.05. The smallest absolute Gasteiger partial charge is 0.0855 e. The molecule has 0 amide bonds. The second-order valence-corrected chi connectivity index (χ2v) is 5.79. The van der Waals surface area contributed by atoms with Crippen molar-refractivity contribution in [3.8, 4) is 0 Å². The molecule has 19 heavy (non-hydrogen) atoms. The maximum absolute atomic E-state index is 6.05. The second kappa shape index (κ2) is 9.73. The third-order valence-electron chi connectivity index (χ3n) is 4.37. The van der Waals surface area contributed by atoms with Gasteiger partial charge >= 0.3 is 0 Å². The number of ether oxygens (including phenoxy) is 1. The molecule has 3 heteroatoms. The Hall–Kier alpha value is -0.120. The van der Waals surface area contributed by atoms with Crippen LogP contribution >= 0.6 is 0 Å². The molecule has 1 N–H and O–H groups in total. The number of nitrogens with zero attached hydrogens (tertiary/aromatic N) is 1. The van der Waals surface area contributed by atoms with E-state index in [2.05, 4.69) is 37.9 Å². The molecule has 3 nitrogen and oxygen atoms in total. The van der Waals surface area contributed by atoms with Gasteiger partial charge in [-0.15, -0.1) is 0 Å². The summed E-state index contributed by atoms with van der Waals surface area (Å²) in [5, 5.41) is 3.66. The molecule has 1 aliphatic rings. The maximum atomic E-state index is 6.05. The minimum atomic E-state index is 0.376. The Morgan fingerprint density at radius 3 is 2.53 bits per heavy atom. The van der Waals surface area contributed by atoms with Gasteiger partial charge in [-0.25, -0.2) is 0 Å². The van der Waals surface area contributed by atoms with Gasteiger partial charge in [-0.1, -0.05) is 40.5 Å². The molecule has 2 unspecified atom stereocenters. The minimum Gasteiger partial charge on any atom is -0.374 e. The Labute approximate surface area is 120 Å². The molecule has 114 valence electrons. The van der Waals surface area contributed by atoms with Crippen molar-refractivity contribution in [1.82, 2.24) is 10.2 Å². The minimum absolute atomic E-state index is 0.376. The Balaban J connectivity index is 2.53. The maximum Gasteiger partial charge on any atom is 0.0855 e. The summed E-state index contributed by atoms with van der Waals surface area (Å²) in [5.41, 5.74) is 0. The average molecular weight is 270 g/mol. The van der Waals surface area contributed by atoms with Crippen molar-refractivity contribution < 1.29 is 4.74 Å². The largest absolute Gasteiger partial charge is 0.374 e. The van der Waals surface area contributed by atoms with Crippen LogP contribution in [0.15, 0.2) is 0 Å². The quantitative estimate of drug-likeness (QED) is 0.697. The molecule has 0 aromatic heterocycles. The second-order valence-electron chi connectivity index (χ2n) is 5.79. The Bertz CT molecular complexity index is 217. The van der Waals surface area contributed by atoms with E-state index in [0.717, 1.165) is 32.2 Å². The third-order valence-corrected chi connectivity index (χ3v) is 4.37. The van der Waals surface area contributed by atoms with Crippen molar-refractivity contribution in [3.05, 3.63) is 0 Å². The molecule has 0 bridgehead atoms. The lowest BCUT2D eigenvalue weighted by Gasteiger charge is -2.38. The summed E-state index contributed by atoms with van der Waals surface area (Å²) in [7, 11) is 0. The molecule has 0 aliphatic carbocycles. The molecule has 1 saturated heterocycles. The van der Waals surface area contributed by atoms with Gasteiger partial charge in [-0.3, -0.25) is 4.90 Å². The van der Waals surface area contributed by atoms with E-state index in [4.69, 9.17) is 4.74 Å². The van der Waals surface area contributed by atoms with Gasteiger partial charge < -0.3 is 10.1 Å². The summed E-state index contributed by atoms with van der Waals surface area (Å²) in [4.78, 5) is 2.56. The molecule has 1 rings (SSSR count). The number of likely N-dealkylation sites (N-methyl/N-ethyl adjacent to an activating group) is 1. The highest BCUT2D eigenvalue weighted by Crippen LogP contribution is 2.20. The normalized spacial score (nSPS) is 22.9. The van der Waals surface area contributed by atoms with Gasteiger partial charge in [0.2, 0.25) is 0 Å². The van der Waals surface area contributed by atoms with Crippen LogP contribution in [0.25, 0.3) is 0 Å². The van der Waals surface area contributed by atoms with Crippen LogP contribution in [0.5, 0.6) is 0 Å². The van der Waals surface area contributed by atoms with Gasteiger partial charge in [-0.05, 0) is 31.8 Å². The molecule has 0 aromatic carbocycles. The fourth-order valence-corrected chi connectivity index (χ4v) is 3.10. The van der Waals surface area contributed by atoms with Crippen molar-refractivity contribution in [3.63, 3.8) is 0 Å². The van der Waals surface area contributed by atoms with Gasteiger partial charge in [0.05, 0.1) is 12.7 Å². The van der Waals surface area contributed by atoms with Crippen LogP contribution in [0.4, 0.5) is 0 Å². The average Bonchev–Trinajstić information content (AvgIpc) is 2.44. The standard InChI is InChI=1S/C16H34N2O/c1-5-9-18-10-11-19-16(13-18)15(17-8-4)12-14(6-2)7-3/h14-17H,5-13H2,1-4H3. The first kappa shape index (κ1) is 16.9. The molecule has 1 heterocycles. The SMILES string of the molecule is CCCN1CCOC(C(CC(CC)CC)NCC)C1. The molecule has 0 saturated carbocycles. The first-order valence-electron chi connectivity index (χ1n) is 8.32. The highest BCUT2D eigenvalue weighted by Gasteiger charge is 2.28. The fraction of sp³-hybridized carbons (Fsp3) is 1.00. The van der Waals surface area contributed by atoms with E-state index in [-0.39, 0.29) is 0 Å². The molecule has 1 fully saturated rings. The summed E-state index contributed by atoms with van der Waals surface area (Å²) in [5.74, 6) is 0.828. The number of hydrogen-bond acceptors (Lipinski definition) is 3. The van der Waals surface area contributed by atoms with Crippen molar-refractivity contribution in [2.45, 2.75) is 65.5 Å². The molecule has 0 spiro atoms. The topological polar surface area (TPSA) is 24.5 Å². The molecule has 1 aliphatic heterocycles. The zero-order valence-electron chi connectivity index (χ0n) is 13.5. The Kier molecular flexibility index (Phi) is 8.67. The highest BCUT2D eigenvalue weighted by molar-refractivity contribution is 4.84. The number of morpholine rings is 1. The van der Waals surface area contributed by atoms with Gasteiger partial charge in [0, 0.05) is 19.1 Å². The fourth-order valence-electron chi connectivity index (χ4n) is 3.10. The summed E-state index contributed by atoms with van der Waals surface area (Å²) in [6, 6.07) is 0.523. The summed E-state index contributed by atoms with van der Waals surface area (Å²) in [6.07, 6.45) is 5.44. The first-order chi connectivity index (χ1) is 9.24. The number of rotatable bonds is 9. The number of nitrogens with one attached hydrogen (secondary N) is 1. The van der Waals surface area contributed by atoms with Crippen LogP contribution in [0.3, 0.4) is 0 Å². The van der Waals surface area contributed by atoms with Crippen LogP contribution in [-0.4, -0.2) is 49.8 Å². The Morgan fingerprint density at radius 2 is 1.95 bits per heavy atom. The van der Waals surface area contributed by atoms with Crippen molar-refractivity contribution in [2.75, 3.05) is 32.8 Å². The van der Waals surface area contributed by atoms with E-state index in [0.29, 0.717) is 12.1 Å². The lowest BCUT2D eigenvalue weighted by Crippen LogP contribution is -2.52. The van der Waals surface area contributed by atoms with Crippen LogP contribution < -0.4 is 5.32 Å². The van der Waals surface area contributed by atoms with Crippen LogP contribution in [0.2, 0.25) is 0 Å². The monoisotopic (exact) mass is 270 g/mol. The van der Waals surface area contributed by atoms with Gasteiger partial charge in [0.15, 0.2) is 0 Å². The lowest BCUT2D eigenvalue weighted by atomic mass is 9.91. The molecular formula is C16H34N2O. The van der Waals surface area contributed by atoms with E-state index < -0.39 is 0 Å². The number of hydrogen-bond donors (Lipinski definition) is 1. The van der Waals surface area contributed by atoms with Crippen LogP contribution in [0, 0.1) is 5.92 Å². The van der Waals surface area contributed by atoms with Crippen molar-refractivity contribution >= 4 is 0 Å². The predicted octanol–water partition coefficient (Wildman–Crippen LogP) is 2.90. The third kappa shape index (κ3) is 5.80. The zero-order chi connectivity index (χ0) is 14.1. The van der Waals surface area contributed by atoms with E-state index >= 15 is 0 Å². The molecule has 0 aromatic rings. The van der Waals surface area contributed by atoms with Crippen LogP contribution in [-0.2, 0) is 4.74 Å². The first-order valence-corrected chi connectivity index (χ1v) is 8.32. The molecule has 0 radical (unpaired) electrons. The zero-order valence-corrected chi connectivity index (χ0v) is 13.5. The van der Waals surface area contributed by atoms with Crippen molar-refractivity contribution in [1.29, 1.82) is 0 Å². The van der Waals surface area contributed by atoms with Crippen molar-refractivity contribution in [2.24, 2.45) is 5.92 Å². The predicted molar refractivity (Wildman–Crippen MR) is 82.6 cm³/mol. The van der Waals surface area contributed by atoms with Gasteiger partial charge in [0.25, 0.3) is 0 Å².